The summed E-state index contributed by atoms with van der Waals surface area (Å²) in [7, 11) is -0.0485. The van der Waals surface area contributed by atoms with Gasteiger partial charge in [-0.15, -0.1) is 0 Å². The molecule has 5 rings (SSSR count). The molecule has 1 aliphatic rings. The van der Waals surface area contributed by atoms with Crippen molar-refractivity contribution in [1.82, 2.24) is 0 Å². The highest BCUT2D eigenvalue weighted by atomic mass is 32.2. The van der Waals surface area contributed by atoms with Crippen molar-refractivity contribution in [3.05, 3.63) is 126 Å². The maximum Gasteiger partial charge on any atom is 0.176 e. The van der Waals surface area contributed by atoms with Gasteiger partial charge in [-0.3, -0.25) is 0 Å². The normalized spacial score (nSPS) is 15.5. The largest absolute Gasteiger partial charge is 0.176 e. The van der Waals surface area contributed by atoms with Crippen molar-refractivity contribution in [2.45, 2.75) is 4.90 Å². The molecule has 0 saturated heterocycles. The fourth-order valence-corrected chi connectivity index (χ4v) is 6.11. The zero-order valence-electron chi connectivity index (χ0n) is 15.8. The molecule has 0 spiro atoms. The summed E-state index contributed by atoms with van der Waals surface area (Å²) in [4.78, 5) is 2.84. The van der Waals surface area contributed by atoms with E-state index in [9.17, 15) is 0 Å². The van der Waals surface area contributed by atoms with Gasteiger partial charge in [0.1, 0.15) is 6.26 Å². The second kappa shape index (κ2) is 7.18. The Morgan fingerprint density at radius 2 is 0.964 bits per heavy atom. The van der Waals surface area contributed by atoms with Gasteiger partial charge in [0.25, 0.3) is 0 Å². The minimum Gasteiger partial charge on any atom is -0.0622 e. The van der Waals surface area contributed by atoms with E-state index >= 15 is 0 Å². The Morgan fingerprint density at radius 3 is 1.64 bits per heavy atom. The van der Waals surface area contributed by atoms with Gasteiger partial charge in [-0.1, -0.05) is 84.9 Å². The van der Waals surface area contributed by atoms with Crippen LogP contribution >= 0.6 is 0 Å². The molecule has 0 amide bonds. The molecular formula is C27H21S+. The van der Waals surface area contributed by atoms with Crippen LogP contribution < -0.4 is 0 Å². The van der Waals surface area contributed by atoms with Gasteiger partial charge in [0.2, 0.25) is 0 Å². The quantitative estimate of drug-likeness (QED) is 0.334. The summed E-state index contributed by atoms with van der Waals surface area (Å²) in [6, 6.07) is 39.5. The molecule has 0 aromatic heterocycles. The molecule has 0 radical (unpaired) electrons. The highest BCUT2D eigenvalue weighted by molar-refractivity contribution is 8.05. The van der Waals surface area contributed by atoms with Crippen LogP contribution in [-0.2, 0) is 10.9 Å². The second-order valence-corrected chi connectivity index (χ2v) is 8.86. The van der Waals surface area contributed by atoms with Crippen molar-refractivity contribution in [3.63, 3.8) is 0 Å². The molecule has 0 bridgehead atoms. The Hall–Kier alpha value is -3.03. The molecule has 1 heterocycles. The van der Waals surface area contributed by atoms with E-state index in [-0.39, 0.29) is 10.9 Å². The van der Waals surface area contributed by atoms with Crippen molar-refractivity contribution in [2.24, 2.45) is 0 Å². The monoisotopic (exact) mass is 377 g/mol. The lowest BCUT2D eigenvalue weighted by atomic mass is 9.89. The third kappa shape index (κ3) is 2.80. The molecule has 28 heavy (non-hydrogen) atoms. The van der Waals surface area contributed by atoms with Gasteiger partial charge >= 0.3 is 0 Å². The summed E-state index contributed by atoms with van der Waals surface area (Å²) in [6.45, 7) is 0. The molecule has 0 nitrogen and oxygen atoms in total. The molecule has 4 aromatic rings. The van der Waals surface area contributed by atoms with Gasteiger partial charge in [0.05, 0.1) is 10.9 Å². The molecule has 1 unspecified atom stereocenters. The van der Waals surface area contributed by atoms with Crippen LogP contribution in [-0.4, -0.2) is 6.26 Å². The van der Waals surface area contributed by atoms with Gasteiger partial charge in [0, 0.05) is 16.7 Å². The smallest absolute Gasteiger partial charge is 0.0622 e. The van der Waals surface area contributed by atoms with Crippen LogP contribution in [0.1, 0.15) is 16.7 Å². The fraction of sp³-hybridized carbons (Fsp3) is 0.0370. The van der Waals surface area contributed by atoms with E-state index in [4.69, 9.17) is 0 Å². The summed E-state index contributed by atoms with van der Waals surface area (Å²) in [6.07, 6.45) is 2.37. The van der Waals surface area contributed by atoms with Crippen molar-refractivity contribution >= 4 is 21.4 Å². The Labute approximate surface area is 169 Å². The molecule has 1 heteroatoms. The molecule has 0 aliphatic carbocycles. The van der Waals surface area contributed by atoms with Gasteiger partial charge in [-0.25, -0.2) is 0 Å². The summed E-state index contributed by atoms with van der Waals surface area (Å²) < 4.78 is 0. The third-order valence-corrected chi connectivity index (χ3v) is 7.40. The molecule has 0 fully saturated rings. The van der Waals surface area contributed by atoms with E-state index in [0.29, 0.717) is 0 Å². The Balaban J connectivity index is 1.94. The summed E-state index contributed by atoms with van der Waals surface area (Å²) in [5, 5.41) is 0. The van der Waals surface area contributed by atoms with E-state index in [2.05, 4.69) is 115 Å². The number of rotatable bonds is 2. The van der Waals surface area contributed by atoms with Crippen molar-refractivity contribution in [3.8, 4) is 11.1 Å². The van der Waals surface area contributed by atoms with E-state index in [1.165, 1.54) is 43.2 Å². The van der Waals surface area contributed by atoms with Gasteiger partial charge in [-0.2, -0.15) is 0 Å². The van der Waals surface area contributed by atoms with Gasteiger partial charge in [0.15, 0.2) is 9.80 Å². The minimum absolute atomic E-state index is 0.0485. The molecular weight excluding hydrogens is 356 g/mol. The first-order valence-electron chi connectivity index (χ1n) is 9.54. The third-order valence-electron chi connectivity index (χ3n) is 5.34. The van der Waals surface area contributed by atoms with E-state index < -0.39 is 0 Å². The highest BCUT2D eigenvalue weighted by Crippen LogP contribution is 2.47. The van der Waals surface area contributed by atoms with Crippen molar-refractivity contribution < 1.29 is 0 Å². The lowest BCUT2D eigenvalue weighted by Crippen LogP contribution is -2.05. The SMILES string of the molecule is C[S+]1C(c2ccccc2)=C(c2ccccc2)c2ccccc2-c2ccccc21. The number of benzene rings is 4. The van der Waals surface area contributed by atoms with E-state index in [0.717, 1.165) is 0 Å². The van der Waals surface area contributed by atoms with Crippen LogP contribution in [0.5, 0.6) is 0 Å². The molecule has 1 atom stereocenters. The first-order chi connectivity index (χ1) is 13.8. The molecule has 4 aromatic carbocycles. The zero-order valence-corrected chi connectivity index (χ0v) is 16.6. The van der Waals surface area contributed by atoms with E-state index in [1.54, 1.807) is 0 Å². The van der Waals surface area contributed by atoms with Crippen molar-refractivity contribution in [2.75, 3.05) is 6.26 Å². The van der Waals surface area contributed by atoms with Gasteiger partial charge in [-0.05, 0) is 41.0 Å². The average Bonchev–Trinajstić information content (AvgIpc) is 2.88. The van der Waals surface area contributed by atoms with E-state index in [1.807, 2.05) is 0 Å². The molecule has 134 valence electrons. The number of hydrogen-bond acceptors (Lipinski definition) is 0. The summed E-state index contributed by atoms with van der Waals surface area (Å²) in [5.74, 6) is 0. The Kier molecular flexibility index (Phi) is 4.38. The van der Waals surface area contributed by atoms with Crippen LogP contribution in [0.4, 0.5) is 0 Å². The predicted octanol–water partition coefficient (Wildman–Crippen LogP) is 6.89. The average molecular weight is 378 g/mol. The van der Waals surface area contributed by atoms with Crippen LogP contribution in [0.2, 0.25) is 0 Å². The standard InChI is InChI=1S/C27H21S/c1-28-25-19-11-10-17-23(25)22-16-8-9-18-24(22)26(20-12-4-2-5-13-20)27(28)21-14-6-3-7-15-21/h2-19H,1H3/q+1. The second-order valence-electron chi connectivity index (χ2n) is 6.99. The zero-order chi connectivity index (χ0) is 18.9. The minimum atomic E-state index is -0.0485. The van der Waals surface area contributed by atoms with Gasteiger partial charge < -0.3 is 0 Å². The summed E-state index contributed by atoms with van der Waals surface area (Å²) in [5.41, 5.74) is 7.92. The topological polar surface area (TPSA) is 0 Å². The van der Waals surface area contributed by atoms with Crippen LogP contribution in [0.3, 0.4) is 0 Å². The lowest BCUT2D eigenvalue weighted by molar-refractivity contribution is 1.43. The number of hydrogen-bond donors (Lipinski definition) is 0. The number of fused-ring (bicyclic) bond motifs is 3. The lowest BCUT2D eigenvalue weighted by Gasteiger charge is -2.14. The predicted molar refractivity (Wildman–Crippen MR) is 122 cm³/mol. The Morgan fingerprint density at radius 1 is 0.464 bits per heavy atom. The Bertz CT molecular complexity index is 1160. The fourth-order valence-electron chi connectivity index (χ4n) is 4.08. The summed E-state index contributed by atoms with van der Waals surface area (Å²) >= 11 is 0. The highest BCUT2D eigenvalue weighted by Gasteiger charge is 2.35. The first-order valence-corrected chi connectivity index (χ1v) is 11.2. The maximum atomic E-state index is 2.37. The first kappa shape index (κ1) is 17.1. The van der Waals surface area contributed by atoms with Crippen LogP contribution in [0, 0.1) is 0 Å². The van der Waals surface area contributed by atoms with Crippen molar-refractivity contribution in [1.29, 1.82) is 0 Å². The molecule has 1 aliphatic heterocycles. The van der Waals surface area contributed by atoms with Crippen LogP contribution in [0.15, 0.2) is 114 Å². The molecule has 0 N–H and O–H groups in total. The molecule has 0 saturated carbocycles. The van der Waals surface area contributed by atoms with Crippen LogP contribution in [0.25, 0.3) is 21.6 Å². The maximum absolute atomic E-state index is 2.37.